The Balaban J connectivity index is 2.61. The van der Waals surface area contributed by atoms with Crippen molar-refractivity contribution in [3.8, 4) is 0 Å². The van der Waals surface area contributed by atoms with Crippen molar-refractivity contribution in [2.75, 3.05) is 12.8 Å². The minimum atomic E-state index is 0.713. The molecule has 0 aromatic carbocycles. The van der Waals surface area contributed by atoms with E-state index < -0.39 is 0 Å². The van der Waals surface area contributed by atoms with Crippen LogP contribution < -0.4 is 11.1 Å². The highest BCUT2D eigenvalue weighted by molar-refractivity contribution is 5.64. The summed E-state index contributed by atoms with van der Waals surface area (Å²) in [5, 5.41) is 3.08. The molecule has 3 N–H and O–H groups in total. The number of fused-ring (bicyclic) bond motifs is 1. The highest BCUT2D eigenvalue weighted by Crippen LogP contribution is 2.12. The molecule has 0 aliphatic rings. The van der Waals surface area contributed by atoms with Crippen molar-refractivity contribution in [1.82, 2.24) is 14.7 Å². The first-order chi connectivity index (χ1) is 6.33. The third kappa shape index (κ3) is 1.25. The summed E-state index contributed by atoms with van der Waals surface area (Å²) >= 11 is 0. The number of nitrogens with two attached hydrogens (primary N) is 1. The van der Waals surface area contributed by atoms with Crippen LogP contribution in [0.3, 0.4) is 0 Å². The van der Waals surface area contributed by atoms with Crippen molar-refractivity contribution in [3.63, 3.8) is 0 Å². The summed E-state index contributed by atoms with van der Waals surface area (Å²) in [5.74, 6) is 0. The summed E-state index contributed by atoms with van der Waals surface area (Å²) in [6.07, 6.45) is 3.80. The number of hydrogen-bond donors (Lipinski definition) is 2. The molecule has 0 aliphatic heterocycles. The minimum Gasteiger partial charge on any atom is -0.396 e. The summed E-state index contributed by atoms with van der Waals surface area (Å²) in [7, 11) is 1.91. The monoisotopic (exact) mass is 176 g/mol. The fourth-order valence-corrected chi connectivity index (χ4v) is 1.40. The van der Waals surface area contributed by atoms with E-state index in [0.717, 1.165) is 17.9 Å². The van der Waals surface area contributed by atoms with Crippen LogP contribution in [0.4, 0.5) is 5.69 Å². The van der Waals surface area contributed by atoms with Gasteiger partial charge >= 0.3 is 0 Å². The topological polar surface area (TPSA) is 55.3 Å². The van der Waals surface area contributed by atoms with Crippen LogP contribution in [-0.2, 0) is 6.54 Å². The lowest BCUT2D eigenvalue weighted by Crippen LogP contribution is -2.07. The van der Waals surface area contributed by atoms with Gasteiger partial charge in [0.1, 0.15) is 0 Å². The Bertz CT molecular complexity index is 418. The summed E-state index contributed by atoms with van der Waals surface area (Å²) in [4.78, 5) is 4.23. The highest BCUT2D eigenvalue weighted by Gasteiger charge is 2.03. The van der Waals surface area contributed by atoms with Crippen LogP contribution in [0.2, 0.25) is 0 Å². The Morgan fingerprint density at radius 2 is 2.46 bits per heavy atom. The van der Waals surface area contributed by atoms with Crippen LogP contribution in [0.15, 0.2) is 24.5 Å². The average Bonchev–Trinajstić information content (AvgIpc) is 2.51. The number of rotatable bonds is 2. The Hall–Kier alpha value is -1.55. The van der Waals surface area contributed by atoms with E-state index in [-0.39, 0.29) is 0 Å². The molecule has 0 aliphatic carbocycles. The van der Waals surface area contributed by atoms with Gasteiger partial charge in [0.2, 0.25) is 0 Å². The van der Waals surface area contributed by atoms with Crippen molar-refractivity contribution in [2.24, 2.45) is 0 Å². The largest absolute Gasteiger partial charge is 0.396 e. The molecule has 68 valence electrons. The van der Waals surface area contributed by atoms with Gasteiger partial charge in [0.15, 0.2) is 5.65 Å². The third-order valence-corrected chi connectivity index (χ3v) is 2.00. The predicted octanol–water partition coefficient (Wildman–Crippen LogP) is 0.636. The van der Waals surface area contributed by atoms with Crippen LogP contribution in [0.25, 0.3) is 5.65 Å². The quantitative estimate of drug-likeness (QED) is 0.706. The standard InChI is InChI=1S/C9H12N4/c1-11-5-7-6-12-9-8(10)3-2-4-13(7)9/h2-4,6,11H,5,10H2,1H3. The number of nitrogens with zero attached hydrogens (tertiary/aromatic N) is 2. The van der Waals surface area contributed by atoms with Crippen LogP contribution in [0.1, 0.15) is 5.69 Å². The normalized spacial score (nSPS) is 10.8. The SMILES string of the molecule is CNCc1cnc2c(N)cccn12. The number of nitrogens with one attached hydrogen (secondary N) is 1. The molecule has 0 spiro atoms. The first kappa shape index (κ1) is 8.07. The van der Waals surface area contributed by atoms with Gasteiger partial charge in [0.25, 0.3) is 0 Å². The second kappa shape index (κ2) is 3.06. The second-order valence-corrected chi connectivity index (χ2v) is 2.94. The number of nitrogen functional groups attached to an aromatic ring is 1. The summed E-state index contributed by atoms with van der Waals surface area (Å²) < 4.78 is 1.99. The van der Waals surface area contributed by atoms with E-state index in [1.54, 1.807) is 0 Å². The molecule has 2 heterocycles. The molecular weight excluding hydrogens is 164 g/mol. The molecule has 2 rings (SSSR count). The minimum absolute atomic E-state index is 0.713. The van der Waals surface area contributed by atoms with E-state index >= 15 is 0 Å². The fourth-order valence-electron chi connectivity index (χ4n) is 1.40. The molecule has 0 fully saturated rings. The van der Waals surface area contributed by atoms with Gasteiger partial charge in [-0.25, -0.2) is 4.98 Å². The van der Waals surface area contributed by atoms with Crippen LogP contribution in [-0.4, -0.2) is 16.4 Å². The zero-order chi connectivity index (χ0) is 9.26. The zero-order valence-corrected chi connectivity index (χ0v) is 7.49. The Labute approximate surface area is 76.4 Å². The van der Waals surface area contributed by atoms with E-state index in [0.29, 0.717) is 5.69 Å². The molecule has 0 amide bonds. The van der Waals surface area contributed by atoms with E-state index in [4.69, 9.17) is 5.73 Å². The molecule has 13 heavy (non-hydrogen) atoms. The van der Waals surface area contributed by atoms with Crippen LogP contribution >= 0.6 is 0 Å². The summed E-state index contributed by atoms with van der Waals surface area (Å²) in [5.41, 5.74) is 8.42. The molecule has 2 aromatic rings. The van der Waals surface area contributed by atoms with Gasteiger partial charge in [-0.05, 0) is 19.2 Å². The lowest BCUT2D eigenvalue weighted by Gasteiger charge is -2.01. The molecule has 0 bridgehead atoms. The van der Waals surface area contributed by atoms with Crippen LogP contribution in [0.5, 0.6) is 0 Å². The molecule has 0 saturated heterocycles. The number of hydrogen-bond acceptors (Lipinski definition) is 3. The summed E-state index contributed by atoms with van der Waals surface area (Å²) in [6.45, 7) is 0.796. The predicted molar refractivity (Wildman–Crippen MR) is 52.4 cm³/mol. The highest BCUT2D eigenvalue weighted by atomic mass is 15.0. The lowest BCUT2D eigenvalue weighted by atomic mass is 10.4. The Kier molecular flexibility index (Phi) is 1.90. The molecule has 0 atom stereocenters. The molecule has 0 unspecified atom stereocenters. The number of pyridine rings is 1. The van der Waals surface area contributed by atoms with Gasteiger partial charge in [-0.3, -0.25) is 0 Å². The molecule has 4 nitrogen and oxygen atoms in total. The van der Waals surface area contributed by atoms with E-state index in [9.17, 15) is 0 Å². The number of anilines is 1. The van der Waals surface area contributed by atoms with Gasteiger partial charge in [0.05, 0.1) is 17.6 Å². The van der Waals surface area contributed by atoms with Crippen molar-refractivity contribution in [3.05, 3.63) is 30.2 Å². The third-order valence-electron chi connectivity index (χ3n) is 2.00. The number of aromatic nitrogens is 2. The van der Waals surface area contributed by atoms with Crippen LogP contribution in [0, 0.1) is 0 Å². The molecule has 0 saturated carbocycles. The Morgan fingerprint density at radius 3 is 3.23 bits per heavy atom. The Morgan fingerprint density at radius 1 is 1.62 bits per heavy atom. The average molecular weight is 176 g/mol. The van der Waals surface area contributed by atoms with Crippen molar-refractivity contribution in [2.45, 2.75) is 6.54 Å². The molecule has 0 radical (unpaired) electrons. The van der Waals surface area contributed by atoms with E-state index in [1.165, 1.54) is 0 Å². The smallest absolute Gasteiger partial charge is 0.160 e. The fraction of sp³-hybridized carbons (Fsp3) is 0.222. The molecular formula is C9H12N4. The van der Waals surface area contributed by atoms with Gasteiger partial charge in [0, 0.05) is 12.7 Å². The van der Waals surface area contributed by atoms with Crippen molar-refractivity contribution >= 4 is 11.3 Å². The maximum absolute atomic E-state index is 5.76. The lowest BCUT2D eigenvalue weighted by molar-refractivity contribution is 0.782. The maximum atomic E-state index is 5.76. The number of imidazole rings is 1. The first-order valence-electron chi connectivity index (χ1n) is 4.18. The van der Waals surface area contributed by atoms with Gasteiger partial charge in [-0.15, -0.1) is 0 Å². The van der Waals surface area contributed by atoms with E-state index in [2.05, 4.69) is 10.3 Å². The molecule has 2 aromatic heterocycles. The van der Waals surface area contributed by atoms with E-state index in [1.807, 2.05) is 36.0 Å². The summed E-state index contributed by atoms with van der Waals surface area (Å²) in [6, 6.07) is 3.77. The first-order valence-corrected chi connectivity index (χ1v) is 4.18. The molecule has 4 heteroatoms. The van der Waals surface area contributed by atoms with Gasteiger partial charge in [-0.1, -0.05) is 0 Å². The van der Waals surface area contributed by atoms with Gasteiger partial charge in [-0.2, -0.15) is 0 Å². The second-order valence-electron chi connectivity index (χ2n) is 2.94. The van der Waals surface area contributed by atoms with Crippen molar-refractivity contribution < 1.29 is 0 Å². The zero-order valence-electron chi connectivity index (χ0n) is 7.49. The maximum Gasteiger partial charge on any atom is 0.160 e. The van der Waals surface area contributed by atoms with Crippen molar-refractivity contribution in [1.29, 1.82) is 0 Å². The van der Waals surface area contributed by atoms with Gasteiger partial charge < -0.3 is 15.5 Å².